The molecule has 0 unspecified atom stereocenters. The molecule has 7 nitrogen and oxygen atoms in total. The molecule has 0 spiro atoms. The highest BCUT2D eigenvalue weighted by Crippen LogP contribution is 2.32. The van der Waals surface area contributed by atoms with Gasteiger partial charge in [-0.2, -0.15) is 0 Å². The third-order valence-electron chi connectivity index (χ3n) is 6.03. The van der Waals surface area contributed by atoms with E-state index in [1.54, 1.807) is 26.8 Å². The number of hydrogen-bond acceptors (Lipinski definition) is 6. The van der Waals surface area contributed by atoms with Gasteiger partial charge >= 0.3 is 5.63 Å². The number of rotatable bonds is 7. The fraction of sp³-hybridized carbons (Fsp3) is 0.522. The Kier molecular flexibility index (Phi) is 6.48. The van der Waals surface area contributed by atoms with Crippen LogP contribution >= 0.6 is 0 Å². The maximum absolute atomic E-state index is 12.5. The maximum atomic E-state index is 12.5. The normalized spacial score (nSPS) is 16.4. The second kappa shape index (κ2) is 8.90. The second-order valence-corrected chi connectivity index (χ2v) is 8.07. The summed E-state index contributed by atoms with van der Waals surface area (Å²) in [5, 5.41) is 14.8. The molecule has 0 bridgehead atoms. The third kappa shape index (κ3) is 4.20. The average Bonchev–Trinajstić information content (AvgIpc) is 2.73. The number of hydrogen-bond donors (Lipinski definition) is 1. The van der Waals surface area contributed by atoms with Gasteiger partial charge in [-0.25, -0.2) is 4.79 Å². The number of carbonyl (C=O) groups is 2. The van der Waals surface area contributed by atoms with E-state index in [-0.39, 0.29) is 11.5 Å². The van der Waals surface area contributed by atoms with Gasteiger partial charge in [0.15, 0.2) is 6.10 Å². The summed E-state index contributed by atoms with van der Waals surface area (Å²) in [4.78, 5) is 36.3. The lowest BCUT2D eigenvalue weighted by molar-refractivity contribution is -0.309. The SMILES string of the molecule is CC[C@@H](C)[C@H](NC(=O)[C@@H](C)Oc1ccc2c3c(c(=O)oc2c1C)CCCC3)C(=O)[O-]. The van der Waals surface area contributed by atoms with Crippen molar-refractivity contribution < 1.29 is 23.8 Å². The molecule has 0 fully saturated rings. The number of carbonyl (C=O) groups excluding carboxylic acids is 2. The van der Waals surface area contributed by atoms with Gasteiger partial charge < -0.3 is 24.4 Å². The minimum atomic E-state index is -1.32. The predicted molar refractivity (Wildman–Crippen MR) is 110 cm³/mol. The van der Waals surface area contributed by atoms with Gasteiger partial charge in [0.1, 0.15) is 11.3 Å². The molecule has 1 N–H and O–H groups in total. The molecule has 3 atom stereocenters. The molecule has 162 valence electrons. The molecular weight excluding hydrogens is 386 g/mol. The molecule has 7 heteroatoms. The number of aliphatic carboxylic acids is 1. The van der Waals surface area contributed by atoms with Gasteiger partial charge in [0.2, 0.25) is 0 Å². The largest absolute Gasteiger partial charge is 0.548 e. The van der Waals surface area contributed by atoms with Crippen molar-refractivity contribution in [3.8, 4) is 5.75 Å². The van der Waals surface area contributed by atoms with Gasteiger partial charge in [0.05, 0.1) is 12.0 Å². The Balaban J connectivity index is 1.85. The van der Waals surface area contributed by atoms with E-state index in [1.165, 1.54) is 0 Å². The van der Waals surface area contributed by atoms with E-state index < -0.39 is 24.0 Å². The average molecular weight is 414 g/mol. The summed E-state index contributed by atoms with van der Waals surface area (Å²) >= 11 is 0. The summed E-state index contributed by atoms with van der Waals surface area (Å²) in [6.07, 6.45) is 3.25. The first-order valence-electron chi connectivity index (χ1n) is 10.5. The van der Waals surface area contributed by atoms with Crippen LogP contribution in [0.15, 0.2) is 21.3 Å². The van der Waals surface area contributed by atoms with Crippen LogP contribution < -0.4 is 20.8 Å². The molecule has 1 aliphatic rings. The number of amides is 1. The quantitative estimate of drug-likeness (QED) is 0.695. The van der Waals surface area contributed by atoms with Gasteiger partial charge in [-0.1, -0.05) is 20.3 Å². The Labute approximate surface area is 175 Å². The molecule has 0 aliphatic heterocycles. The lowest BCUT2D eigenvalue weighted by atomic mass is 9.90. The van der Waals surface area contributed by atoms with Crippen molar-refractivity contribution in [1.29, 1.82) is 0 Å². The van der Waals surface area contributed by atoms with Crippen LogP contribution in [0.5, 0.6) is 5.75 Å². The van der Waals surface area contributed by atoms with E-state index >= 15 is 0 Å². The number of nitrogens with one attached hydrogen (secondary N) is 1. The monoisotopic (exact) mass is 414 g/mol. The van der Waals surface area contributed by atoms with Crippen molar-refractivity contribution in [3.05, 3.63) is 39.2 Å². The molecule has 0 saturated carbocycles. The highest BCUT2D eigenvalue weighted by atomic mass is 16.5. The smallest absolute Gasteiger partial charge is 0.339 e. The lowest BCUT2D eigenvalue weighted by Gasteiger charge is -2.27. The number of fused-ring (bicyclic) bond motifs is 3. The molecule has 30 heavy (non-hydrogen) atoms. The van der Waals surface area contributed by atoms with Gasteiger partial charge in [0.25, 0.3) is 5.91 Å². The molecule has 0 saturated heterocycles. The van der Waals surface area contributed by atoms with Crippen LogP contribution in [-0.2, 0) is 22.4 Å². The van der Waals surface area contributed by atoms with E-state index in [2.05, 4.69) is 5.32 Å². The first-order chi connectivity index (χ1) is 14.2. The van der Waals surface area contributed by atoms with Crippen molar-refractivity contribution in [2.45, 2.75) is 71.9 Å². The molecule has 1 heterocycles. The number of carboxylic acid groups (broad SMARTS) is 1. The van der Waals surface area contributed by atoms with Crippen LogP contribution in [0, 0.1) is 12.8 Å². The standard InChI is InChI=1S/C23H29NO6/c1-5-12(2)19(22(26)27)24-21(25)14(4)29-18-11-10-16-15-8-6-7-9-17(15)23(28)30-20(16)13(18)3/h10-12,14,19H,5-9H2,1-4H3,(H,24,25)(H,26,27)/p-1/t12-,14-,19+/m1/s1. The highest BCUT2D eigenvalue weighted by molar-refractivity contribution is 5.87. The number of aryl methyl sites for hydroxylation is 2. The van der Waals surface area contributed by atoms with E-state index in [0.717, 1.165) is 42.2 Å². The van der Waals surface area contributed by atoms with Crippen molar-refractivity contribution in [3.63, 3.8) is 0 Å². The minimum Gasteiger partial charge on any atom is -0.548 e. The van der Waals surface area contributed by atoms with E-state index in [4.69, 9.17) is 9.15 Å². The third-order valence-corrected chi connectivity index (χ3v) is 6.03. The van der Waals surface area contributed by atoms with Gasteiger partial charge in [-0.05, 0) is 63.1 Å². The fourth-order valence-corrected chi connectivity index (χ4v) is 3.94. The van der Waals surface area contributed by atoms with E-state index in [1.807, 2.05) is 13.0 Å². The Morgan fingerprint density at radius 2 is 1.87 bits per heavy atom. The van der Waals surface area contributed by atoms with Crippen molar-refractivity contribution in [2.75, 3.05) is 0 Å². The zero-order chi connectivity index (χ0) is 22.0. The van der Waals surface area contributed by atoms with Crippen LogP contribution in [-0.4, -0.2) is 24.0 Å². The molecule has 1 aliphatic carbocycles. The maximum Gasteiger partial charge on any atom is 0.339 e. The first kappa shape index (κ1) is 21.9. The second-order valence-electron chi connectivity index (χ2n) is 8.07. The van der Waals surface area contributed by atoms with Gasteiger partial charge in [-0.15, -0.1) is 0 Å². The molecule has 1 aromatic heterocycles. The van der Waals surface area contributed by atoms with Gasteiger partial charge in [0, 0.05) is 16.5 Å². The first-order valence-corrected chi connectivity index (χ1v) is 10.5. The fourth-order valence-electron chi connectivity index (χ4n) is 3.94. The lowest BCUT2D eigenvalue weighted by Crippen LogP contribution is -2.54. The summed E-state index contributed by atoms with van der Waals surface area (Å²) < 4.78 is 11.4. The van der Waals surface area contributed by atoms with E-state index in [0.29, 0.717) is 23.3 Å². The van der Waals surface area contributed by atoms with E-state index in [9.17, 15) is 19.5 Å². The summed E-state index contributed by atoms with van der Waals surface area (Å²) in [6, 6.07) is 2.54. The summed E-state index contributed by atoms with van der Waals surface area (Å²) in [7, 11) is 0. The number of carboxylic acids is 1. The minimum absolute atomic E-state index is 0.269. The van der Waals surface area contributed by atoms with Crippen LogP contribution in [0.1, 0.15) is 56.7 Å². The molecule has 2 aromatic rings. The summed E-state index contributed by atoms with van der Waals surface area (Å²) in [5.41, 5.74) is 2.59. The van der Waals surface area contributed by atoms with Crippen molar-refractivity contribution in [2.24, 2.45) is 5.92 Å². The molecule has 1 aromatic carbocycles. The number of benzene rings is 1. The predicted octanol–water partition coefficient (Wildman–Crippen LogP) is 2.03. The molecule has 0 radical (unpaired) electrons. The molecule has 3 rings (SSSR count). The van der Waals surface area contributed by atoms with Gasteiger partial charge in [-0.3, -0.25) is 4.79 Å². The topological polar surface area (TPSA) is 109 Å². The van der Waals surface area contributed by atoms with Crippen molar-refractivity contribution >= 4 is 22.8 Å². The van der Waals surface area contributed by atoms with Crippen LogP contribution in [0.4, 0.5) is 0 Å². The van der Waals surface area contributed by atoms with Crippen LogP contribution in [0.2, 0.25) is 0 Å². The zero-order valence-corrected chi connectivity index (χ0v) is 17.9. The molecule has 1 amide bonds. The Hall–Kier alpha value is -2.83. The Bertz CT molecular complexity index is 1020. The Morgan fingerprint density at radius 1 is 1.20 bits per heavy atom. The summed E-state index contributed by atoms with van der Waals surface area (Å²) in [6.45, 7) is 6.91. The van der Waals surface area contributed by atoms with Crippen LogP contribution in [0.25, 0.3) is 11.0 Å². The summed E-state index contributed by atoms with van der Waals surface area (Å²) in [5.74, 6) is -1.72. The Morgan fingerprint density at radius 3 is 2.50 bits per heavy atom. The van der Waals surface area contributed by atoms with Crippen LogP contribution in [0.3, 0.4) is 0 Å². The molecular formula is C23H28NO6-. The highest BCUT2D eigenvalue weighted by Gasteiger charge is 2.25. The zero-order valence-electron chi connectivity index (χ0n) is 17.9. The number of ether oxygens (including phenoxy) is 1. The van der Waals surface area contributed by atoms with Crippen molar-refractivity contribution in [1.82, 2.24) is 5.32 Å².